The minimum atomic E-state index is -0.439. The molecule has 0 saturated heterocycles. The molecular formula is C14H14N4O3S. The Bertz CT molecular complexity index is 898. The van der Waals surface area contributed by atoms with Gasteiger partial charge in [-0.3, -0.25) is 14.3 Å². The summed E-state index contributed by atoms with van der Waals surface area (Å²) in [5, 5.41) is 0. The zero-order chi connectivity index (χ0) is 15.5. The van der Waals surface area contributed by atoms with E-state index in [2.05, 4.69) is 14.3 Å². The Hall–Kier alpha value is -2.32. The third-order valence-corrected chi connectivity index (χ3v) is 4.08. The number of hydrogen-bond acceptors (Lipinski definition) is 6. The molecule has 22 heavy (non-hydrogen) atoms. The lowest BCUT2D eigenvalue weighted by Gasteiger charge is -2.04. The number of rotatable bonds is 5. The fraction of sp³-hybridized carbons (Fsp3) is 0.286. The molecule has 0 aliphatic carbocycles. The lowest BCUT2D eigenvalue weighted by Crippen LogP contribution is -2.34. The van der Waals surface area contributed by atoms with E-state index in [-0.39, 0.29) is 5.56 Å². The van der Waals surface area contributed by atoms with Crippen LogP contribution in [0, 0.1) is 0 Å². The van der Waals surface area contributed by atoms with E-state index in [1.165, 1.54) is 4.57 Å². The Balaban J connectivity index is 2.11. The van der Waals surface area contributed by atoms with E-state index >= 15 is 0 Å². The molecule has 0 saturated carbocycles. The molecule has 0 spiro atoms. The Morgan fingerprint density at radius 1 is 1.36 bits per heavy atom. The lowest BCUT2D eigenvalue weighted by molar-refractivity contribution is 0.189. The van der Waals surface area contributed by atoms with Gasteiger partial charge < -0.3 is 9.72 Å². The van der Waals surface area contributed by atoms with Crippen LogP contribution >= 0.6 is 11.5 Å². The fourth-order valence-electron chi connectivity index (χ4n) is 2.19. The number of hydrogen-bond donors (Lipinski definition) is 1. The number of H-pyrrole nitrogens is 1. The normalized spacial score (nSPS) is 11.1. The summed E-state index contributed by atoms with van der Waals surface area (Å²) in [4.78, 5) is 31.6. The van der Waals surface area contributed by atoms with Crippen LogP contribution in [-0.4, -0.2) is 32.6 Å². The maximum Gasteiger partial charge on any atom is 0.328 e. The number of nitrogens with one attached hydrogen (secondary N) is 1. The summed E-state index contributed by atoms with van der Waals surface area (Å²) in [6, 6.07) is 5.41. The molecule has 3 aromatic rings. The van der Waals surface area contributed by atoms with E-state index < -0.39 is 5.69 Å². The maximum atomic E-state index is 12.4. The standard InChI is InChI=1S/C14H14N4O3S/c1-21-8-4-7-18-13(19)12-11(16-14(18)20)10(17-22-12)9-5-2-3-6-15-9/h2-3,5-6H,4,7-8H2,1H3,(H,16,20). The van der Waals surface area contributed by atoms with E-state index in [9.17, 15) is 9.59 Å². The van der Waals surface area contributed by atoms with Gasteiger partial charge in [-0.25, -0.2) is 4.79 Å². The van der Waals surface area contributed by atoms with E-state index in [1.54, 1.807) is 25.4 Å². The van der Waals surface area contributed by atoms with Crippen molar-refractivity contribution >= 4 is 21.7 Å². The van der Waals surface area contributed by atoms with Gasteiger partial charge in [0.2, 0.25) is 0 Å². The van der Waals surface area contributed by atoms with Crippen molar-refractivity contribution in [3.63, 3.8) is 0 Å². The first-order chi connectivity index (χ1) is 10.7. The number of ether oxygens (including phenoxy) is 1. The number of aromatic amines is 1. The van der Waals surface area contributed by atoms with Crippen molar-refractivity contribution < 1.29 is 4.74 Å². The van der Waals surface area contributed by atoms with Crippen molar-refractivity contribution in [3.05, 3.63) is 45.2 Å². The van der Waals surface area contributed by atoms with Gasteiger partial charge in [0.1, 0.15) is 10.4 Å². The van der Waals surface area contributed by atoms with Gasteiger partial charge in [-0.15, -0.1) is 0 Å². The number of aromatic nitrogens is 4. The van der Waals surface area contributed by atoms with Crippen LogP contribution in [0.4, 0.5) is 0 Å². The summed E-state index contributed by atoms with van der Waals surface area (Å²) in [6.07, 6.45) is 2.24. The molecule has 7 nitrogen and oxygen atoms in total. The van der Waals surface area contributed by atoms with E-state index in [4.69, 9.17) is 4.74 Å². The fourth-order valence-corrected chi connectivity index (χ4v) is 2.98. The molecule has 1 N–H and O–H groups in total. The second-order valence-corrected chi connectivity index (χ2v) is 5.46. The van der Waals surface area contributed by atoms with Crippen molar-refractivity contribution in [2.24, 2.45) is 0 Å². The highest BCUT2D eigenvalue weighted by Crippen LogP contribution is 2.24. The number of nitrogens with zero attached hydrogens (tertiary/aromatic N) is 3. The van der Waals surface area contributed by atoms with Crippen molar-refractivity contribution in [1.82, 2.24) is 18.9 Å². The van der Waals surface area contributed by atoms with Gasteiger partial charge in [-0.05, 0) is 30.1 Å². The average molecular weight is 318 g/mol. The van der Waals surface area contributed by atoms with Gasteiger partial charge in [0.15, 0.2) is 0 Å². The Morgan fingerprint density at radius 2 is 2.23 bits per heavy atom. The summed E-state index contributed by atoms with van der Waals surface area (Å²) in [7, 11) is 1.58. The van der Waals surface area contributed by atoms with Crippen LogP contribution in [-0.2, 0) is 11.3 Å². The molecule has 0 aliphatic heterocycles. The molecule has 0 unspecified atom stereocenters. The smallest absolute Gasteiger partial charge is 0.328 e. The molecule has 3 aromatic heterocycles. The number of pyridine rings is 1. The molecule has 0 amide bonds. The maximum absolute atomic E-state index is 12.4. The molecule has 8 heteroatoms. The first-order valence-corrected chi connectivity index (χ1v) is 7.52. The second kappa shape index (κ2) is 6.20. The first kappa shape index (κ1) is 14.6. The highest BCUT2D eigenvalue weighted by molar-refractivity contribution is 7.13. The third kappa shape index (κ3) is 2.58. The molecule has 0 radical (unpaired) electrons. The summed E-state index contributed by atoms with van der Waals surface area (Å²) in [6.45, 7) is 0.806. The minimum Gasteiger partial charge on any atom is -0.385 e. The van der Waals surface area contributed by atoms with Crippen LogP contribution < -0.4 is 11.2 Å². The molecule has 0 aliphatic rings. The topological polar surface area (TPSA) is 89.9 Å². The zero-order valence-corrected chi connectivity index (χ0v) is 12.7. The van der Waals surface area contributed by atoms with E-state index in [0.29, 0.717) is 41.2 Å². The molecule has 3 heterocycles. The van der Waals surface area contributed by atoms with Crippen LogP contribution in [0.15, 0.2) is 34.0 Å². The van der Waals surface area contributed by atoms with Crippen molar-refractivity contribution in [1.29, 1.82) is 0 Å². The third-order valence-electron chi connectivity index (χ3n) is 3.25. The predicted octanol–water partition coefficient (Wildman–Crippen LogP) is 1.24. The summed E-state index contributed by atoms with van der Waals surface area (Å²) in [5.74, 6) is 0. The lowest BCUT2D eigenvalue weighted by atomic mass is 10.2. The quantitative estimate of drug-likeness (QED) is 0.715. The summed E-state index contributed by atoms with van der Waals surface area (Å²) in [5.41, 5.74) is 0.835. The van der Waals surface area contributed by atoms with Crippen molar-refractivity contribution in [2.75, 3.05) is 13.7 Å². The second-order valence-electron chi connectivity index (χ2n) is 4.68. The van der Waals surface area contributed by atoms with E-state index in [1.807, 2.05) is 6.07 Å². The van der Waals surface area contributed by atoms with Gasteiger partial charge in [0, 0.05) is 26.5 Å². The van der Waals surface area contributed by atoms with Crippen LogP contribution in [0.2, 0.25) is 0 Å². The number of methoxy groups -OCH3 is 1. The SMILES string of the molecule is COCCCn1c(=O)[nH]c2c(-c3ccccn3)nsc2c1=O. The summed E-state index contributed by atoms with van der Waals surface area (Å²) < 4.78 is 10.8. The first-order valence-electron chi connectivity index (χ1n) is 6.75. The highest BCUT2D eigenvalue weighted by atomic mass is 32.1. The van der Waals surface area contributed by atoms with Gasteiger partial charge in [-0.2, -0.15) is 4.37 Å². The Morgan fingerprint density at radius 3 is 2.95 bits per heavy atom. The van der Waals surface area contributed by atoms with Crippen LogP contribution in [0.3, 0.4) is 0 Å². The molecule has 0 fully saturated rings. The van der Waals surface area contributed by atoms with Gasteiger partial charge in [0.05, 0.1) is 11.2 Å². The average Bonchev–Trinajstić information content (AvgIpc) is 2.95. The highest BCUT2D eigenvalue weighted by Gasteiger charge is 2.16. The molecule has 0 bridgehead atoms. The van der Waals surface area contributed by atoms with Gasteiger partial charge in [0.25, 0.3) is 5.56 Å². The molecule has 0 atom stereocenters. The van der Waals surface area contributed by atoms with Crippen LogP contribution in [0.5, 0.6) is 0 Å². The van der Waals surface area contributed by atoms with Crippen molar-refractivity contribution in [3.8, 4) is 11.4 Å². The van der Waals surface area contributed by atoms with Crippen molar-refractivity contribution in [2.45, 2.75) is 13.0 Å². The van der Waals surface area contributed by atoms with Crippen LogP contribution in [0.1, 0.15) is 6.42 Å². The molecule has 0 aromatic carbocycles. The van der Waals surface area contributed by atoms with Crippen LogP contribution in [0.25, 0.3) is 21.6 Å². The van der Waals surface area contributed by atoms with Gasteiger partial charge >= 0.3 is 5.69 Å². The Kier molecular flexibility index (Phi) is 4.12. The Labute approximate surface area is 129 Å². The van der Waals surface area contributed by atoms with E-state index in [0.717, 1.165) is 11.5 Å². The number of fused-ring (bicyclic) bond motifs is 1. The summed E-state index contributed by atoms with van der Waals surface area (Å²) >= 11 is 1.07. The largest absolute Gasteiger partial charge is 0.385 e. The molecular weight excluding hydrogens is 304 g/mol. The minimum absolute atomic E-state index is 0.314. The monoisotopic (exact) mass is 318 g/mol. The predicted molar refractivity (Wildman–Crippen MR) is 84.2 cm³/mol. The zero-order valence-electron chi connectivity index (χ0n) is 11.9. The molecule has 114 valence electrons. The van der Waals surface area contributed by atoms with Gasteiger partial charge in [-0.1, -0.05) is 6.07 Å². The molecule has 3 rings (SSSR count).